The molecule has 0 unspecified atom stereocenters. The Morgan fingerprint density at radius 2 is 1.55 bits per heavy atom. The summed E-state index contributed by atoms with van der Waals surface area (Å²) in [4.78, 5) is 56.2. The lowest BCUT2D eigenvalue weighted by atomic mass is 9.96. The van der Waals surface area contributed by atoms with Crippen LogP contribution < -0.4 is 0 Å². The zero-order valence-corrected chi connectivity index (χ0v) is 19.0. The van der Waals surface area contributed by atoms with Crippen molar-refractivity contribution in [2.45, 2.75) is 25.7 Å². The highest BCUT2D eigenvalue weighted by Gasteiger charge is 2.29. The second-order valence-corrected chi connectivity index (χ2v) is 8.84. The molecule has 0 radical (unpaired) electrons. The van der Waals surface area contributed by atoms with Crippen LogP contribution in [-0.2, 0) is 9.53 Å². The van der Waals surface area contributed by atoms with Gasteiger partial charge in [0.2, 0.25) is 5.78 Å². The summed E-state index contributed by atoms with van der Waals surface area (Å²) < 4.78 is 5.24. The Hall–Kier alpha value is -3.13. The van der Waals surface area contributed by atoms with Gasteiger partial charge in [0.15, 0.2) is 6.61 Å². The number of ketones is 1. The largest absolute Gasteiger partial charge is 0.457 e. The van der Waals surface area contributed by atoms with E-state index in [2.05, 4.69) is 4.98 Å². The van der Waals surface area contributed by atoms with Crippen LogP contribution in [0.15, 0.2) is 36.5 Å². The van der Waals surface area contributed by atoms with Crippen molar-refractivity contribution in [2.75, 3.05) is 32.8 Å². The molecular formula is C24H26ClN3O5. The first kappa shape index (κ1) is 23.0. The molecule has 1 aromatic heterocycles. The Balaban J connectivity index is 1.23. The van der Waals surface area contributed by atoms with Gasteiger partial charge >= 0.3 is 5.97 Å². The second-order valence-electron chi connectivity index (χ2n) is 8.41. The van der Waals surface area contributed by atoms with E-state index >= 15 is 0 Å². The fourth-order valence-electron chi connectivity index (χ4n) is 4.20. The molecule has 2 aliphatic heterocycles. The number of likely N-dealkylation sites (tertiary alicyclic amines) is 2. The molecule has 2 saturated heterocycles. The maximum Gasteiger partial charge on any atom is 0.309 e. The SMILES string of the molecule is O=C(COC(=O)C1CCN(C(=O)c2ccc(Cl)cc2)CC1)c1c[nH]c(C(=O)N2CCCC2)c1. The van der Waals surface area contributed by atoms with Gasteiger partial charge in [0, 0.05) is 48.5 Å². The molecule has 1 aromatic carbocycles. The van der Waals surface area contributed by atoms with Gasteiger partial charge < -0.3 is 19.5 Å². The van der Waals surface area contributed by atoms with E-state index < -0.39 is 5.97 Å². The Morgan fingerprint density at radius 3 is 2.21 bits per heavy atom. The average molecular weight is 472 g/mol. The third kappa shape index (κ3) is 5.45. The minimum atomic E-state index is -0.439. The van der Waals surface area contributed by atoms with Gasteiger partial charge in [-0.1, -0.05) is 11.6 Å². The van der Waals surface area contributed by atoms with E-state index in [4.69, 9.17) is 16.3 Å². The second kappa shape index (κ2) is 10.2. The average Bonchev–Trinajstić information content (AvgIpc) is 3.55. The van der Waals surface area contributed by atoms with E-state index in [-0.39, 0.29) is 30.1 Å². The molecule has 33 heavy (non-hydrogen) atoms. The third-order valence-corrected chi connectivity index (χ3v) is 6.43. The number of aromatic amines is 1. The van der Waals surface area contributed by atoms with Gasteiger partial charge in [0.25, 0.3) is 11.8 Å². The number of ether oxygens (including phenoxy) is 1. The predicted octanol–water partition coefficient (Wildman–Crippen LogP) is 3.18. The van der Waals surface area contributed by atoms with Crippen molar-refractivity contribution < 1.29 is 23.9 Å². The van der Waals surface area contributed by atoms with E-state index in [1.807, 2.05) is 0 Å². The molecule has 1 N–H and O–H groups in total. The van der Waals surface area contributed by atoms with Crippen LogP contribution >= 0.6 is 11.6 Å². The molecule has 2 fully saturated rings. The van der Waals surface area contributed by atoms with Crippen molar-refractivity contribution >= 4 is 35.2 Å². The number of esters is 1. The quantitative estimate of drug-likeness (QED) is 0.515. The Kier molecular flexibility index (Phi) is 7.13. The fourth-order valence-corrected chi connectivity index (χ4v) is 4.33. The van der Waals surface area contributed by atoms with Crippen LogP contribution in [0.4, 0.5) is 0 Å². The summed E-state index contributed by atoms with van der Waals surface area (Å²) in [6.45, 7) is 1.95. The molecule has 0 spiro atoms. The summed E-state index contributed by atoms with van der Waals surface area (Å²) >= 11 is 5.87. The van der Waals surface area contributed by atoms with Crippen LogP contribution in [0, 0.1) is 5.92 Å². The maximum atomic E-state index is 12.6. The van der Waals surface area contributed by atoms with Crippen LogP contribution in [-0.4, -0.2) is 71.1 Å². The zero-order chi connectivity index (χ0) is 23.4. The smallest absolute Gasteiger partial charge is 0.309 e. The van der Waals surface area contributed by atoms with Gasteiger partial charge in [-0.2, -0.15) is 0 Å². The normalized spacial score (nSPS) is 16.6. The number of halogens is 1. The van der Waals surface area contributed by atoms with E-state index in [0.717, 1.165) is 25.9 Å². The molecule has 2 amide bonds. The molecule has 174 valence electrons. The molecule has 9 heteroatoms. The van der Waals surface area contributed by atoms with Gasteiger partial charge in [-0.25, -0.2) is 0 Å². The number of hydrogen-bond acceptors (Lipinski definition) is 5. The number of benzene rings is 1. The number of nitrogens with one attached hydrogen (secondary N) is 1. The minimum Gasteiger partial charge on any atom is -0.457 e. The van der Waals surface area contributed by atoms with Crippen molar-refractivity contribution in [2.24, 2.45) is 5.92 Å². The van der Waals surface area contributed by atoms with E-state index in [9.17, 15) is 19.2 Å². The monoisotopic (exact) mass is 471 g/mol. The van der Waals surface area contributed by atoms with Gasteiger partial charge in [-0.3, -0.25) is 19.2 Å². The van der Waals surface area contributed by atoms with E-state index in [0.29, 0.717) is 47.8 Å². The summed E-state index contributed by atoms with van der Waals surface area (Å²) in [7, 11) is 0. The van der Waals surface area contributed by atoms with Crippen LogP contribution in [0.5, 0.6) is 0 Å². The molecule has 0 saturated carbocycles. The zero-order valence-electron chi connectivity index (χ0n) is 18.2. The molecule has 4 rings (SSSR count). The van der Waals surface area contributed by atoms with Crippen LogP contribution in [0.3, 0.4) is 0 Å². The predicted molar refractivity (Wildman–Crippen MR) is 121 cm³/mol. The Morgan fingerprint density at radius 1 is 0.909 bits per heavy atom. The number of H-pyrrole nitrogens is 1. The molecule has 2 aromatic rings. The lowest BCUT2D eigenvalue weighted by Crippen LogP contribution is -2.40. The van der Waals surface area contributed by atoms with E-state index in [1.54, 1.807) is 34.1 Å². The maximum absolute atomic E-state index is 12.6. The first-order chi connectivity index (χ1) is 15.9. The van der Waals surface area contributed by atoms with Crippen LogP contribution in [0.2, 0.25) is 5.02 Å². The number of nitrogens with zero attached hydrogens (tertiary/aromatic N) is 2. The molecule has 0 bridgehead atoms. The van der Waals surface area contributed by atoms with Crippen molar-refractivity contribution in [3.05, 3.63) is 58.4 Å². The number of hydrogen-bond donors (Lipinski definition) is 1. The highest BCUT2D eigenvalue weighted by molar-refractivity contribution is 6.30. The van der Waals surface area contributed by atoms with E-state index in [1.165, 1.54) is 12.3 Å². The molecule has 8 nitrogen and oxygen atoms in total. The highest BCUT2D eigenvalue weighted by Crippen LogP contribution is 2.21. The van der Waals surface area contributed by atoms with Crippen molar-refractivity contribution in [1.29, 1.82) is 0 Å². The third-order valence-electron chi connectivity index (χ3n) is 6.18. The number of rotatable bonds is 6. The topological polar surface area (TPSA) is 99.8 Å². The van der Waals surface area contributed by atoms with Crippen molar-refractivity contribution in [3.63, 3.8) is 0 Å². The number of aromatic nitrogens is 1. The highest BCUT2D eigenvalue weighted by atomic mass is 35.5. The number of carbonyl (C=O) groups excluding carboxylic acids is 4. The van der Waals surface area contributed by atoms with Crippen molar-refractivity contribution in [3.8, 4) is 0 Å². The molecule has 2 aliphatic rings. The lowest BCUT2D eigenvalue weighted by Gasteiger charge is -2.31. The lowest BCUT2D eigenvalue weighted by molar-refractivity contribution is -0.148. The minimum absolute atomic E-state index is 0.0969. The van der Waals surface area contributed by atoms with Crippen LogP contribution in [0.25, 0.3) is 0 Å². The Labute approximate surface area is 196 Å². The number of carbonyl (C=O) groups is 4. The van der Waals surface area contributed by atoms with Gasteiger partial charge in [0.05, 0.1) is 5.92 Å². The van der Waals surface area contributed by atoms with Gasteiger partial charge in [0.1, 0.15) is 5.69 Å². The summed E-state index contributed by atoms with van der Waals surface area (Å²) in [6, 6.07) is 8.22. The van der Waals surface area contributed by atoms with Crippen molar-refractivity contribution in [1.82, 2.24) is 14.8 Å². The number of Topliss-reactive ketones (excluding diaryl/α,β-unsaturated/α-hetero) is 1. The summed E-state index contributed by atoms with van der Waals surface area (Å²) in [5.74, 6) is -1.38. The van der Waals surface area contributed by atoms with Crippen LogP contribution in [0.1, 0.15) is 56.9 Å². The summed E-state index contributed by atoms with van der Waals surface area (Å²) in [6.07, 6.45) is 4.40. The van der Waals surface area contributed by atoms with Gasteiger partial charge in [-0.15, -0.1) is 0 Å². The first-order valence-electron chi connectivity index (χ1n) is 11.1. The Bertz CT molecular complexity index is 1030. The van der Waals surface area contributed by atoms with Gasteiger partial charge in [-0.05, 0) is 56.0 Å². The number of piperidine rings is 1. The molecule has 3 heterocycles. The fraction of sp³-hybridized carbons (Fsp3) is 0.417. The first-order valence-corrected chi connectivity index (χ1v) is 11.5. The molecule has 0 atom stereocenters. The molecular weight excluding hydrogens is 446 g/mol. The number of amides is 2. The standard InChI is InChI=1S/C24H26ClN3O5/c25-19-5-3-16(4-6-19)22(30)28-11-7-17(8-12-28)24(32)33-15-21(29)18-13-20(26-14-18)23(31)27-9-1-2-10-27/h3-6,13-14,17,26H,1-2,7-12,15H2. The summed E-state index contributed by atoms with van der Waals surface area (Å²) in [5.41, 5.74) is 1.23. The summed E-state index contributed by atoms with van der Waals surface area (Å²) in [5, 5.41) is 0.566. The molecule has 0 aliphatic carbocycles.